The van der Waals surface area contributed by atoms with E-state index < -0.39 is 0 Å². The number of benzene rings is 4. The number of hydrogen-bond donors (Lipinski definition) is 0. The molecule has 30 heavy (non-hydrogen) atoms. The largest absolute Gasteiger partial charge is 0.494 e. The van der Waals surface area contributed by atoms with Gasteiger partial charge < -0.3 is 4.74 Å². The summed E-state index contributed by atoms with van der Waals surface area (Å²) in [6.07, 6.45) is 3.61. The third-order valence-corrected chi connectivity index (χ3v) is 4.86. The lowest BCUT2D eigenvalue weighted by Crippen LogP contribution is -1.96. The molecule has 0 aliphatic rings. The molecule has 0 radical (unpaired) electrons. The zero-order valence-corrected chi connectivity index (χ0v) is 17.7. The van der Waals surface area contributed by atoms with Gasteiger partial charge in [-0.15, -0.1) is 0 Å². The standard InChI is InChI=1S/C17H20O.C12H10/c1-2-3-7-14-18-17-12-10-16(11-13-17)15-8-5-4-6-9-15;1-3-7-11(8-4-1)12-9-5-2-6-10-12/h4-6,8-13H,2-3,7,14H2,1H3;1-10H. The Morgan fingerprint density at radius 1 is 0.467 bits per heavy atom. The van der Waals surface area contributed by atoms with Crippen LogP contribution in [0, 0.1) is 0 Å². The molecule has 0 aliphatic carbocycles. The maximum Gasteiger partial charge on any atom is 0.119 e. The average molecular weight is 395 g/mol. The second-order valence-corrected chi connectivity index (χ2v) is 7.18. The summed E-state index contributed by atoms with van der Waals surface area (Å²) in [5, 5.41) is 0. The van der Waals surface area contributed by atoms with Crippen LogP contribution in [-0.4, -0.2) is 6.61 Å². The van der Waals surface area contributed by atoms with E-state index in [0.29, 0.717) is 0 Å². The maximum atomic E-state index is 5.70. The van der Waals surface area contributed by atoms with Gasteiger partial charge in [0.15, 0.2) is 0 Å². The molecule has 1 nitrogen and oxygen atoms in total. The van der Waals surface area contributed by atoms with Gasteiger partial charge in [-0.3, -0.25) is 0 Å². The van der Waals surface area contributed by atoms with Gasteiger partial charge in [-0.2, -0.15) is 0 Å². The molecule has 0 atom stereocenters. The molecule has 4 rings (SSSR count). The van der Waals surface area contributed by atoms with E-state index in [1.807, 2.05) is 30.3 Å². The Bertz CT molecular complexity index is 908. The molecule has 4 aromatic rings. The highest BCUT2D eigenvalue weighted by molar-refractivity contribution is 5.64. The van der Waals surface area contributed by atoms with Crippen LogP contribution in [0.25, 0.3) is 22.3 Å². The zero-order chi connectivity index (χ0) is 20.9. The molecule has 0 saturated carbocycles. The average Bonchev–Trinajstić information content (AvgIpc) is 2.84. The molecule has 0 unspecified atom stereocenters. The number of ether oxygens (including phenoxy) is 1. The van der Waals surface area contributed by atoms with E-state index in [2.05, 4.69) is 91.9 Å². The number of hydrogen-bond acceptors (Lipinski definition) is 1. The van der Waals surface area contributed by atoms with Crippen molar-refractivity contribution in [1.82, 2.24) is 0 Å². The quantitative estimate of drug-likeness (QED) is 0.287. The molecule has 0 N–H and O–H groups in total. The van der Waals surface area contributed by atoms with E-state index in [4.69, 9.17) is 4.74 Å². The fraction of sp³-hybridized carbons (Fsp3) is 0.172. The van der Waals surface area contributed by atoms with Crippen molar-refractivity contribution >= 4 is 0 Å². The van der Waals surface area contributed by atoms with Crippen LogP contribution in [0.2, 0.25) is 0 Å². The van der Waals surface area contributed by atoms with Crippen LogP contribution in [0.3, 0.4) is 0 Å². The summed E-state index contributed by atoms with van der Waals surface area (Å²) in [5.41, 5.74) is 5.03. The first-order valence-electron chi connectivity index (χ1n) is 10.8. The highest BCUT2D eigenvalue weighted by atomic mass is 16.5. The molecular formula is C29H30O. The predicted molar refractivity (Wildman–Crippen MR) is 129 cm³/mol. The molecule has 0 aromatic heterocycles. The van der Waals surface area contributed by atoms with Crippen LogP contribution in [0.15, 0.2) is 115 Å². The molecule has 0 fully saturated rings. The van der Waals surface area contributed by atoms with Crippen molar-refractivity contribution in [1.29, 1.82) is 0 Å². The molecule has 4 aromatic carbocycles. The van der Waals surface area contributed by atoms with Gasteiger partial charge in [-0.1, -0.05) is 123 Å². The van der Waals surface area contributed by atoms with Crippen molar-refractivity contribution in [2.24, 2.45) is 0 Å². The van der Waals surface area contributed by atoms with Gasteiger partial charge >= 0.3 is 0 Å². The van der Waals surface area contributed by atoms with Crippen LogP contribution in [-0.2, 0) is 0 Å². The summed E-state index contributed by atoms with van der Waals surface area (Å²) < 4.78 is 5.70. The minimum absolute atomic E-state index is 0.818. The molecular weight excluding hydrogens is 364 g/mol. The zero-order valence-electron chi connectivity index (χ0n) is 17.7. The predicted octanol–water partition coefficient (Wildman–Crippen LogP) is 8.28. The molecule has 0 heterocycles. The SMILES string of the molecule is CCCCCOc1ccc(-c2ccccc2)cc1.c1ccc(-c2ccccc2)cc1. The van der Waals surface area contributed by atoms with Crippen molar-refractivity contribution in [3.8, 4) is 28.0 Å². The molecule has 0 bridgehead atoms. The second-order valence-electron chi connectivity index (χ2n) is 7.18. The van der Waals surface area contributed by atoms with Crippen molar-refractivity contribution < 1.29 is 4.74 Å². The van der Waals surface area contributed by atoms with E-state index >= 15 is 0 Å². The maximum absolute atomic E-state index is 5.70. The molecule has 0 spiro atoms. The van der Waals surface area contributed by atoms with Crippen LogP contribution < -0.4 is 4.74 Å². The van der Waals surface area contributed by atoms with Crippen molar-refractivity contribution in [2.75, 3.05) is 6.61 Å². The Balaban J connectivity index is 0.000000184. The lowest BCUT2D eigenvalue weighted by Gasteiger charge is -2.07. The number of rotatable bonds is 7. The van der Waals surface area contributed by atoms with Crippen LogP contribution in [0.5, 0.6) is 5.75 Å². The Labute approximate surface area is 181 Å². The first-order valence-corrected chi connectivity index (χ1v) is 10.8. The Kier molecular flexibility index (Phi) is 8.76. The minimum atomic E-state index is 0.818. The fourth-order valence-electron chi connectivity index (χ4n) is 3.18. The van der Waals surface area contributed by atoms with Gasteiger partial charge in [0.25, 0.3) is 0 Å². The van der Waals surface area contributed by atoms with Crippen molar-refractivity contribution in [2.45, 2.75) is 26.2 Å². The van der Waals surface area contributed by atoms with E-state index in [0.717, 1.165) is 18.8 Å². The van der Waals surface area contributed by atoms with Gasteiger partial charge in [-0.25, -0.2) is 0 Å². The lowest BCUT2D eigenvalue weighted by atomic mass is 10.1. The first kappa shape index (κ1) is 21.4. The van der Waals surface area contributed by atoms with E-state index in [9.17, 15) is 0 Å². The molecule has 0 saturated heterocycles. The Hall–Kier alpha value is -3.32. The second kappa shape index (κ2) is 12.3. The summed E-state index contributed by atoms with van der Waals surface area (Å²) in [4.78, 5) is 0. The monoisotopic (exact) mass is 394 g/mol. The van der Waals surface area contributed by atoms with Gasteiger partial charge in [-0.05, 0) is 40.8 Å². The van der Waals surface area contributed by atoms with E-state index in [-0.39, 0.29) is 0 Å². The summed E-state index contributed by atoms with van der Waals surface area (Å²) in [6, 6.07) is 39.5. The van der Waals surface area contributed by atoms with Gasteiger partial charge in [0.05, 0.1) is 6.61 Å². The lowest BCUT2D eigenvalue weighted by molar-refractivity contribution is 0.306. The smallest absolute Gasteiger partial charge is 0.119 e. The van der Waals surface area contributed by atoms with Gasteiger partial charge in [0.2, 0.25) is 0 Å². The molecule has 0 aliphatic heterocycles. The van der Waals surface area contributed by atoms with Gasteiger partial charge in [0, 0.05) is 0 Å². The van der Waals surface area contributed by atoms with Crippen molar-refractivity contribution in [3.05, 3.63) is 115 Å². The topological polar surface area (TPSA) is 9.23 Å². The molecule has 152 valence electrons. The summed E-state index contributed by atoms with van der Waals surface area (Å²) >= 11 is 0. The van der Waals surface area contributed by atoms with Crippen LogP contribution in [0.1, 0.15) is 26.2 Å². The third-order valence-electron chi connectivity index (χ3n) is 4.86. The van der Waals surface area contributed by atoms with Crippen LogP contribution >= 0.6 is 0 Å². The Morgan fingerprint density at radius 3 is 1.27 bits per heavy atom. The molecule has 1 heteroatoms. The summed E-state index contributed by atoms with van der Waals surface area (Å²) in [6.45, 7) is 3.02. The summed E-state index contributed by atoms with van der Waals surface area (Å²) in [5.74, 6) is 0.964. The van der Waals surface area contributed by atoms with Crippen LogP contribution in [0.4, 0.5) is 0 Å². The third kappa shape index (κ3) is 6.93. The van der Waals surface area contributed by atoms with E-state index in [1.54, 1.807) is 0 Å². The minimum Gasteiger partial charge on any atom is -0.494 e. The highest BCUT2D eigenvalue weighted by Gasteiger charge is 1.98. The molecule has 0 amide bonds. The van der Waals surface area contributed by atoms with Crippen molar-refractivity contribution in [3.63, 3.8) is 0 Å². The number of unbranched alkanes of at least 4 members (excludes halogenated alkanes) is 2. The highest BCUT2D eigenvalue weighted by Crippen LogP contribution is 2.22. The van der Waals surface area contributed by atoms with Gasteiger partial charge in [0.1, 0.15) is 5.75 Å². The first-order chi connectivity index (χ1) is 14.9. The Morgan fingerprint density at radius 2 is 0.867 bits per heavy atom. The van der Waals surface area contributed by atoms with E-state index in [1.165, 1.54) is 35.1 Å². The fourth-order valence-corrected chi connectivity index (χ4v) is 3.18. The summed E-state index contributed by atoms with van der Waals surface area (Å²) in [7, 11) is 0. The normalized spacial score (nSPS) is 10.0.